The van der Waals surface area contributed by atoms with Gasteiger partial charge < -0.3 is 14.7 Å². The standard InChI is InChI=1S/C14H24BrN3O3Si/c1-17-6-5-14(20,13(17)19)11-9-12(15)16-18(11)10-21-7-8-22(2,3)4/h9,20H,5-8,10H2,1-4H3. The second kappa shape index (κ2) is 6.43. The molecule has 1 aliphatic rings. The number of likely N-dealkylation sites (N-methyl/N-ethyl adjacent to an activating group) is 1. The molecule has 124 valence electrons. The van der Waals surface area contributed by atoms with Gasteiger partial charge in [-0.3, -0.25) is 4.79 Å². The van der Waals surface area contributed by atoms with Crippen LogP contribution in [-0.4, -0.2) is 54.0 Å². The van der Waals surface area contributed by atoms with Crippen LogP contribution in [0.15, 0.2) is 10.7 Å². The molecule has 2 heterocycles. The predicted octanol–water partition coefficient (Wildman–Crippen LogP) is 2.01. The van der Waals surface area contributed by atoms with E-state index >= 15 is 0 Å². The molecule has 6 nitrogen and oxygen atoms in total. The highest BCUT2D eigenvalue weighted by Gasteiger charge is 2.47. The number of rotatable bonds is 6. The summed E-state index contributed by atoms with van der Waals surface area (Å²) >= 11 is 3.31. The number of hydrogen-bond acceptors (Lipinski definition) is 4. The van der Waals surface area contributed by atoms with E-state index in [9.17, 15) is 9.90 Å². The number of carbonyl (C=O) groups is 1. The Labute approximate surface area is 140 Å². The van der Waals surface area contributed by atoms with Crippen LogP contribution in [0.3, 0.4) is 0 Å². The molecule has 1 aromatic rings. The summed E-state index contributed by atoms with van der Waals surface area (Å²) in [7, 11) is 0.557. The Kier molecular flexibility index (Phi) is 5.15. The van der Waals surface area contributed by atoms with Crippen LogP contribution < -0.4 is 0 Å². The van der Waals surface area contributed by atoms with E-state index < -0.39 is 13.7 Å². The average molecular weight is 390 g/mol. The minimum atomic E-state index is -1.50. The number of ether oxygens (including phenoxy) is 1. The maximum absolute atomic E-state index is 12.2. The monoisotopic (exact) mass is 389 g/mol. The highest BCUT2D eigenvalue weighted by molar-refractivity contribution is 9.10. The average Bonchev–Trinajstić information content (AvgIpc) is 2.91. The van der Waals surface area contributed by atoms with E-state index in [-0.39, 0.29) is 12.6 Å². The molecule has 1 aromatic heterocycles. The van der Waals surface area contributed by atoms with Crippen LogP contribution in [0.25, 0.3) is 0 Å². The molecule has 0 aromatic carbocycles. The zero-order valence-corrected chi connectivity index (χ0v) is 16.2. The quantitative estimate of drug-likeness (QED) is 0.596. The first-order chi connectivity index (χ1) is 10.1. The van der Waals surface area contributed by atoms with Crippen LogP contribution in [0.4, 0.5) is 0 Å². The van der Waals surface area contributed by atoms with Gasteiger partial charge in [0.05, 0.1) is 5.69 Å². The summed E-state index contributed by atoms with van der Waals surface area (Å²) in [6.07, 6.45) is 0.370. The number of nitrogens with zero attached hydrogens (tertiary/aromatic N) is 3. The first kappa shape index (κ1) is 17.6. The lowest BCUT2D eigenvalue weighted by Crippen LogP contribution is -2.38. The normalized spacial score (nSPS) is 22.6. The summed E-state index contributed by atoms with van der Waals surface area (Å²) in [6.45, 7) is 8.32. The van der Waals surface area contributed by atoms with Crippen molar-refractivity contribution in [1.29, 1.82) is 0 Å². The molecule has 1 N–H and O–H groups in total. The number of amides is 1. The van der Waals surface area contributed by atoms with Crippen molar-refractivity contribution in [3.63, 3.8) is 0 Å². The van der Waals surface area contributed by atoms with Gasteiger partial charge in [0.1, 0.15) is 11.3 Å². The largest absolute Gasteiger partial charge is 0.374 e. The first-order valence-corrected chi connectivity index (χ1v) is 11.9. The molecule has 2 rings (SSSR count). The number of carbonyl (C=O) groups excluding carboxylic acids is 1. The van der Waals surface area contributed by atoms with Gasteiger partial charge in [-0.15, -0.1) is 0 Å². The summed E-state index contributed by atoms with van der Waals surface area (Å²) in [5.74, 6) is -0.289. The van der Waals surface area contributed by atoms with Crippen molar-refractivity contribution in [3.8, 4) is 0 Å². The van der Waals surface area contributed by atoms with E-state index in [2.05, 4.69) is 40.7 Å². The lowest BCUT2D eigenvalue weighted by Gasteiger charge is -2.22. The fourth-order valence-corrected chi connectivity index (χ4v) is 3.60. The van der Waals surface area contributed by atoms with Gasteiger partial charge in [-0.2, -0.15) is 5.10 Å². The van der Waals surface area contributed by atoms with Gasteiger partial charge in [-0.05, 0) is 28.0 Å². The highest BCUT2D eigenvalue weighted by Crippen LogP contribution is 2.33. The molecule has 0 saturated carbocycles. The third kappa shape index (κ3) is 3.79. The van der Waals surface area contributed by atoms with Gasteiger partial charge in [0.25, 0.3) is 5.91 Å². The van der Waals surface area contributed by atoms with Crippen LogP contribution in [-0.2, 0) is 21.9 Å². The van der Waals surface area contributed by atoms with Crippen LogP contribution in [0.2, 0.25) is 25.7 Å². The molecule has 0 bridgehead atoms. The van der Waals surface area contributed by atoms with Gasteiger partial charge in [0.15, 0.2) is 5.60 Å². The molecule has 0 aliphatic carbocycles. The predicted molar refractivity (Wildman–Crippen MR) is 90.2 cm³/mol. The van der Waals surface area contributed by atoms with E-state index in [1.54, 1.807) is 17.8 Å². The Morgan fingerprint density at radius 3 is 2.73 bits per heavy atom. The van der Waals surface area contributed by atoms with Crippen LogP contribution in [0.5, 0.6) is 0 Å². The maximum Gasteiger partial charge on any atom is 0.260 e. The summed E-state index contributed by atoms with van der Waals surface area (Å²) in [5, 5.41) is 15.0. The van der Waals surface area contributed by atoms with Gasteiger partial charge in [0.2, 0.25) is 0 Å². The fraction of sp³-hybridized carbons (Fsp3) is 0.714. The molecule has 22 heavy (non-hydrogen) atoms. The van der Waals surface area contributed by atoms with Gasteiger partial charge in [-0.25, -0.2) is 4.68 Å². The third-order valence-corrected chi connectivity index (χ3v) is 5.99. The molecule has 0 radical (unpaired) electrons. The van der Waals surface area contributed by atoms with Crippen molar-refractivity contribution < 1.29 is 14.6 Å². The lowest BCUT2D eigenvalue weighted by atomic mass is 9.98. The fourth-order valence-electron chi connectivity index (χ4n) is 2.44. The smallest absolute Gasteiger partial charge is 0.260 e. The minimum absolute atomic E-state index is 0.241. The van der Waals surface area contributed by atoms with E-state index in [1.807, 2.05) is 0 Å². The van der Waals surface area contributed by atoms with E-state index in [0.717, 1.165) is 6.04 Å². The maximum atomic E-state index is 12.2. The zero-order chi connectivity index (χ0) is 16.5. The first-order valence-electron chi connectivity index (χ1n) is 7.43. The molecule has 1 amide bonds. The Balaban J connectivity index is 2.09. The Hall–Kier alpha value is -0.703. The van der Waals surface area contributed by atoms with E-state index in [4.69, 9.17) is 4.74 Å². The van der Waals surface area contributed by atoms with Crippen molar-refractivity contribution in [2.75, 3.05) is 20.2 Å². The van der Waals surface area contributed by atoms with Crippen LogP contribution in [0, 0.1) is 0 Å². The lowest BCUT2D eigenvalue weighted by molar-refractivity contribution is -0.143. The van der Waals surface area contributed by atoms with Crippen molar-refractivity contribution in [1.82, 2.24) is 14.7 Å². The molecule has 1 unspecified atom stereocenters. The van der Waals surface area contributed by atoms with Crippen molar-refractivity contribution in [3.05, 3.63) is 16.4 Å². The molecule has 1 saturated heterocycles. The Morgan fingerprint density at radius 1 is 1.50 bits per heavy atom. The van der Waals surface area contributed by atoms with Crippen molar-refractivity contribution >= 4 is 29.9 Å². The van der Waals surface area contributed by atoms with Crippen LogP contribution in [0.1, 0.15) is 12.1 Å². The highest BCUT2D eigenvalue weighted by atomic mass is 79.9. The summed E-state index contributed by atoms with van der Waals surface area (Å²) in [6, 6.07) is 2.76. The van der Waals surface area contributed by atoms with Crippen molar-refractivity contribution in [2.24, 2.45) is 0 Å². The second-order valence-electron chi connectivity index (χ2n) is 7.04. The van der Waals surface area contributed by atoms with E-state index in [1.165, 1.54) is 4.90 Å². The molecular formula is C14H24BrN3O3Si. The molecule has 1 fully saturated rings. The number of likely N-dealkylation sites (tertiary alicyclic amines) is 1. The zero-order valence-electron chi connectivity index (χ0n) is 13.6. The van der Waals surface area contributed by atoms with Gasteiger partial charge in [0, 0.05) is 34.7 Å². The number of hydrogen-bond donors (Lipinski definition) is 1. The summed E-state index contributed by atoms with van der Waals surface area (Å²) in [5.41, 5.74) is -1.02. The second-order valence-corrected chi connectivity index (χ2v) is 13.5. The molecular weight excluding hydrogens is 366 g/mol. The number of aromatic nitrogens is 2. The van der Waals surface area contributed by atoms with E-state index in [0.29, 0.717) is 29.9 Å². The number of halogens is 1. The minimum Gasteiger partial charge on any atom is -0.374 e. The molecule has 0 spiro atoms. The Morgan fingerprint density at radius 2 is 2.18 bits per heavy atom. The molecule has 8 heteroatoms. The molecule has 1 atom stereocenters. The number of aliphatic hydroxyl groups is 1. The van der Waals surface area contributed by atoms with Crippen molar-refractivity contribution in [2.45, 2.75) is 44.4 Å². The summed E-state index contributed by atoms with van der Waals surface area (Å²) in [4.78, 5) is 13.8. The van der Waals surface area contributed by atoms with Gasteiger partial charge >= 0.3 is 0 Å². The van der Waals surface area contributed by atoms with Gasteiger partial charge in [-0.1, -0.05) is 19.6 Å². The van der Waals surface area contributed by atoms with Crippen LogP contribution >= 0.6 is 15.9 Å². The molecule has 1 aliphatic heterocycles. The Bertz CT molecular complexity index is 558. The SMILES string of the molecule is CN1CCC(O)(c2cc(Br)nn2COCC[Si](C)(C)C)C1=O. The summed E-state index contributed by atoms with van der Waals surface area (Å²) < 4.78 is 7.86. The topological polar surface area (TPSA) is 67.6 Å². The third-order valence-electron chi connectivity index (χ3n) is 3.89.